The molecule has 3 heteroatoms. The van der Waals surface area contributed by atoms with Gasteiger partial charge in [0.25, 0.3) is 0 Å². The SMILES string of the molecule is CC(C)(C)c1cc(-c2cccc3cccc(-c4ccccc4N(c4ccc5c(c4)oc4ccccc45)c4ccccc4-c4cccc5c4oc4ccccc45)c23)cc(C(C)(C)C)c1. The lowest BCUT2D eigenvalue weighted by Gasteiger charge is -2.30. The number of hydrogen-bond acceptors (Lipinski definition) is 3. The third-order valence-electron chi connectivity index (χ3n) is 12.8. The minimum atomic E-state index is -0.0163. The third kappa shape index (κ3) is 6.58. The summed E-state index contributed by atoms with van der Waals surface area (Å²) in [6.45, 7) is 13.9. The Labute approximate surface area is 368 Å². The van der Waals surface area contributed by atoms with E-state index >= 15 is 0 Å². The van der Waals surface area contributed by atoms with Crippen molar-refractivity contribution >= 4 is 71.7 Å². The number of fused-ring (bicyclic) bond motifs is 7. The highest BCUT2D eigenvalue weighted by Crippen LogP contribution is 2.49. The first-order valence-corrected chi connectivity index (χ1v) is 22.0. The topological polar surface area (TPSA) is 29.5 Å². The zero-order chi connectivity index (χ0) is 43.0. The maximum Gasteiger partial charge on any atom is 0.143 e. The average Bonchev–Trinajstić information content (AvgIpc) is 3.87. The van der Waals surface area contributed by atoms with Crippen LogP contribution in [0, 0.1) is 0 Å². The summed E-state index contributed by atoms with van der Waals surface area (Å²) in [5.41, 5.74) is 16.0. The smallest absolute Gasteiger partial charge is 0.143 e. The first kappa shape index (κ1) is 38.6. The Morgan fingerprint density at radius 3 is 1.52 bits per heavy atom. The second-order valence-electron chi connectivity index (χ2n) is 18.9. The van der Waals surface area contributed by atoms with Crippen molar-refractivity contribution in [2.24, 2.45) is 0 Å². The predicted octanol–water partition coefficient (Wildman–Crippen LogP) is 17.7. The summed E-state index contributed by atoms with van der Waals surface area (Å²) in [6, 6.07) is 68.1. The lowest BCUT2D eigenvalue weighted by Crippen LogP contribution is -2.16. The van der Waals surface area contributed by atoms with Gasteiger partial charge in [-0.05, 0) is 85.8 Å². The molecule has 0 aliphatic carbocycles. The van der Waals surface area contributed by atoms with Gasteiger partial charge in [-0.15, -0.1) is 0 Å². The van der Waals surface area contributed by atoms with Crippen LogP contribution in [-0.2, 0) is 10.8 Å². The number of para-hydroxylation sites is 5. The molecule has 3 nitrogen and oxygen atoms in total. The number of rotatable bonds is 6. The lowest BCUT2D eigenvalue weighted by atomic mass is 9.78. The van der Waals surface area contributed by atoms with Crippen molar-refractivity contribution in [2.75, 3.05) is 4.90 Å². The van der Waals surface area contributed by atoms with Gasteiger partial charge in [0.15, 0.2) is 0 Å². The fourth-order valence-electron chi connectivity index (χ4n) is 9.47. The Kier molecular flexibility index (Phi) is 8.96. The van der Waals surface area contributed by atoms with Crippen LogP contribution in [0.15, 0.2) is 197 Å². The molecule has 0 N–H and O–H groups in total. The third-order valence-corrected chi connectivity index (χ3v) is 12.8. The van der Waals surface area contributed by atoms with Crippen molar-refractivity contribution in [2.45, 2.75) is 52.4 Å². The molecular weight excluding hydrogens is 767 g/mol. The van der Waals surface area contributed by atoms with Gasteiger partial charge in [-0.25, -0.2) is 0 Å². The second kappa shape index (κ2) is 14.6. The van der Waals surface area contributed by atoms with Crippen molar-refractivity contribution in [3.63, 3.8) is 0 Å². The zero-order valence-corrected chi connectivity index (χ0v) is 36.7. The van der Waals surface area contributed by atoms with Gasteiger partial charge in [-0.1, -0.05) is 187 Å². The average molecular weight is 816 g/mol. The molecule has 0 bridgehead atoms. The highest BCUT2D eigenvalue weighted by Gasteiger charge is 2.26. The molecule has 0 amide bonds. The Hall–Kier alpha value is -7.36. The number of furan rings is 2. The Bertz CT molecular complexity index is 3510. The highest BCUT2D eigenvalue weighted by molar-refractivity contribution is 6.13. The Balaban J connectivity index is 1.19. The standard InChI is InChI=1S/C60H49NO2/c1-59(2,3)40-34-39(35-41(36-40)60(4,5)6)43-24-15-18-38-19-16-25-49(57(38)43)44-20-7-11-28-52(44)61(42-32-33-48-46-22-9-13-30-54(46)62-56(48)37-42)53-29-12-8-21-45(53)50-26-17-27-51-47-23-10-14-31-55(47)63-58(50)51/h7-37H,1-6H3. The molecule has 0 spiro atoms. The van der Waals surface area contributed by atoms with E-state index in [1.807, 2.05) is 18.2 Å². The van der Waals surface area contributed by atoms with Crippen LogP contribution in [0.25, 0.3) is 88.0 Å². The summed E-state index contributed by atoms with van der Waals surface area (Å²) < 4.78 is 13.3. The molecule has 0 atom stereocenters. The molecule has 0 aliphatic heterocycles. The monoisotopic (exact) mass is 815 g/mol. The second-order valence-corrected chi connectivity index (χ2v) is 18.9. The number of benzene rings is 9. The van der Waals surface area contributed by atoms with Gasteiger partial charge in [-0.3, -0.25) is 0 Å². The predicted molar refractivity (Wildman–Crippen MR) is 267 cm³/mol. The quantitative estimate of drug-likeness (QED) is 0.167. The minimum Gasteiger partial charge on any atom is -0.456 e. The molecule has 2 heterocycles. The fraction of sp³-hybridized carbons (Fsp3) is 0.133. The summed E-state index contributed by atoms with van der Waals surface area (Å²) in [6.07, 6.45) is 0. The summed E-state index contributed by atoms with van der Waals surface area (Å²) in [5, 5.41) is 6.84. The fourth-order valence-corrected chi connectivity index (χ4v) is 9.47. The molecule has 11 aromatic rings. The Morgan fingerprint density at radius 1 is 0.365 bits per heavy atom. The van der Waals surface area contributed by atoms with Crippen LogP contribution >= 0.6 is 0 Å². The summed E-state index contributed by atoms with van der Waals surface area (Å²) in [4.78, 5) is 2.41. The molecule has 0 saturated carbocycles. The molecule has 9 aromatic carbocycles. The van der Waals surface area contributed by atoms with Gasteiger partial charge in [0.2, 0.25) is 0 Å². The van der Waals surface area contributed by atoms with Crippen molar-refractivity contribution in [1.82, 2.24) is 0 Å². The van der Waals surface area contributed by atoms with Crippen LogP contribution in [0.5, 0.6) is 0 Å². The minimum absolute atomic E-state index is 0.0163. The van der Waals surface area contributed by atoms with Gasteiger partial charge >= 0.3 is 0 Å². The number of anilines is 3. The maximum atomic E-state index is 6.70. The van der Waals surface area contributed by atoms with Gasteiger partial charge in [0, 0.05) is 50.0 Å². The summed E-state index contributed by atoms with van der Waals surface area (Å²) in [5.74, 6) is 0. The molecule has 63 heavy (non-hydrogen) atoms. The van der Waals surface area contributed by atoms with E-state index in [0.29, 0.717) is 0 Å². The van der Waals surface area contributed by atoms with E-state index < -0.39 is 0 Å². The van der Waals surface area contributed by atoms with E-state index in [1.54, 1.807) is 0 Å². The first-order valence-electron chi connectivity index (χ1n) is 22.0. The van der Waals surface area contributed by atoms with Crippen LogP contribution in [-0.4, -0.2) is 0 Å². The molecule has 0 radical (unpaired) electrons. The van der Waals surface area contributed by atoms with Gasteiger partial charge < -0.3 is 13.7 Å². The number of nitrogens with zero attached hydrogens (tertiary/aromatic N) is 1. The van der Waals surface area contributed by atoms with Crippen molar-refractivity contribution < 1.29 is 8.83 Å². The maximum absolute atomic E-state index is 6.70. The lowest BCUT2D eigenvalue weighted by molar-refractivity contribution is 0.569. The summed E-state index contributed by atoms with van der Waals surface area (Å²) >= 11 is 0. The van der Waals surface area contributed by atoms with Gasteiger partial charge in [-0.2, -0.15) is 0 Å². The van der Waals surface area contributed by atoms with Gasteiger partial charge in [0.1, 0.15) is 22.3 Å². The van der Waals surface area contributed by atoms with E-state index in [-0.39, 0.29) is 10.8 Å². The van der Waals surface area contributed by atoms with E-state index in [2.05, 4.69) is 216 Å². The number of hydrogen-bond donors (Lipinski definition) is 0. The first-order chi connectivity index (χ1) is 30.5. The molecule has 306 valence electrons. The normalized spacial score (nSPS) is 12.3. The van der Waals surface area contributed by atoms with E-state index in [0.717, 1.165) is 77.6 Å². The van der Waals surface area contributed by atoms with Crippen molar-refractivity contribution in [3.8, 4) is 33.4 Å². The van der Waals surface area contributed by atoms with Crippen LogP contribution in [0.1, 0.15) is 52.7 Å². The molecule has 0 unspecified atom stereocenters. The van der Waals surface area contributed by atoms with E-state index in [1.165, 1.54) is 38.6 Å². The largest absolute Gasteiger partial charge is 0.456 e. The van der Waals surface area contributed by atoms with Crippen LogP contribution in [0.2, 0.25) is 0 Å². The molecule has 0 saturated heterocycles. The van der Waals surface area contributed by atoms with E-state index in [9.17, 15) is 0 Å². The molecule has 0 aliphatic rings. The Morgan fingerprint density at radius 2 is 0.857 bits per heavy atom. The van der Waals surface area contributed by atoms with Crippen LogP contribution in [0.4, 0.5) is 17.1 Å². The molecule has 0 fully saturated rings. The summed E-state index contributed by atoms with van der Waals surface area (Å²) in [7, 11) is 0. The van der Waals surface area contributed by atoms with Crippen LogP contribution < -0.4 is 4.90 Å². The molecule has 2 aromatic heterocycles. The van der Waals surface area contributed by atoms with Crippen molar-refractivity contribution in [3.05, 3.63) is 199 Å². The van der Waals surface area contributed by atoms with Crippen molar-refractivity contribution in [1.29, 1.82) is 0 Å². The van der Waals surface area contributed by atoms with E-state index in [4.69, 9.17) is 8.83 Å². The zero-order valence-electron chi connectivity index (χ0n) is 36.7. The molecular formula is C60H49NO2. The molecule has 11 rings (SSSR count). The van der Waals surface area contributed by atoms with Gasteiger partial charge in [0.05, 0.1) is 11.4 Å². The highest BCUT2D eigenvalue weighted by atomic mass is 16.3. The van der Waals surface area contributed by atoms with Crippen LogP contribution in [0.3, 0.4) is 0 Å².